The summed E-state index contributed by atoms with van der Waals surface area (Å²) in [5.41, 5.74) is 3.65. The summed E-state index contributed by atoms with van der Waals surface area (Å²) in [5.74, 6) is 3.99. The van der Waals surface area contributed by atoms with Crippen LogP contribution < -0.4 is 0 Å². The predicted molar refractivity (Wildman–Crippen MR) is 131 cm³/mol. The van der Waals surface area contributed by atoms with Crippen molar-refractivity contribution in [3.8, 4) is 0 Å². The number of hydrogen-bond acceptors (Lipinski definition) is 1. The monoisotopic (exact) mass is 426 g/mol. The molecule has 0 aromatic rings. The van der Waals surface area contributed by atoms with Crippen molar-refractivity contribution in [2.45, 2.75) is 119 Å². The Hall–Kier alpha value is -0.300. The Balaban J connectivity index is 1.55. The molecule has 31 heavy (non-hydrogen) atoms. The van der Waals surface area contributed by atoms with Gasteiger partial charge in [-0.3, -0.25) is 0 Å². The molecule has 5 aliphatic carbocycles. The smallest absolute Gasteiger partial charge is 0.0594 e. The van der Waals surface area contributed by atoms with Gasteiger partial charge in [0.2, 0.25) is 0 Å². The van der Waals surface area contributed by atoms with Gasteiger partial charge in [-0.2, -0.15) is 0 Å². The lowest BCUT2D eigenvalue weighted by Gasteiger charge is -2.69. The summed E-state index contributed by atoms with van der Waals surface area (Å²) in [6.45, 7) is 20.4. The van der Waals surface area contributed by atoms with Crippen LogP contribution in [0.5, 0.6) is 0 Å². The van der Waals surface area contributed by atoms with E-state index in [1.165, 1.54) is 51.4 Å². The molecule has 4 fully saturated rings. The van der Waals surface area contributed by atoms with Gasteiger partial charge in [-0.25, -0.2) is 0 Å². The Labute approximate surface area is 192 Å². The van der Waals surface area contributed by atoms with E-state index in [4.69, 9.17) is 0 Å². The fourth-order valence-electron chi connectivity index (χ4n) is 11.2. The first kappa shape index (κ1) is 22.5. The first-order chi connectivity index (χ1) is 14.3. The third-order valence-corrected chi connectivity index (χ3v) is 13.3. The summed E-state index contributed by atoms with van der Waals surface area (Å²) in [7, 11) is 0. The summed E-state index contributed by atoms with van der Waals surface area (Å²) in [6, 6.07) is 0. The lowest BCUT2D eigenvalue weighted by atomic mass is 9.35. The summed E-state index contributed by atoms with van der Waals surface area (Å²) < 4.78 is 0. The second-order valence-electron chi connectivity index (χ2n) is 14.7. The van der Waals surface area contributed by atoms with Crippen LogP contribution in [0.2, 0.25) is 0 Å². The zero-order valence-corrected chi connectivity index (χ0v) is 21.9. The van der Waals surface area contributed by atoms with Crippen LogP contribution in [0.15, 0.2) is 11.6 Å². The average molecular weight is 427 g/mol. The van der Waals surface area contributed by atoms with Crippen molar-refractivity contribution in [3.63, 3.8) is 0 Å². The average Bonchev–Trinajstić information content (AvgIpc) is 3.05. The minimum absolute atomic E-state index is 0.0394. The van der Waals surface area contributed by atoms with Gasteiger partial charge in [0.05, 0.1) is 6.10 Å². The van der Waals surface area contributed by atoms with Crippen molar-refractivity contribution in [3.05, 3.63) is 11.6 Å². The Bertz CT molecular complexity index is 777. The molecule has 1 heteroatoms. The fourth-order valence-corrected chi connectivity index (χ4v) is 11.2. The van der Waals surface area contributed by atoms with Crippen LogP contribution in [0.1, 0.15) is 113 Å². The van der Waals surface area contributed by atoms with Crippen molar-refractivity contribution >= 4 is 0 Å². The first-order valence-corrected chi connectivity index (χ1v) is 13.7. The molecule has 5 aliphatic rings. The molecule has 0 aliphatic heterocycles. The first-order valence-electron chi connectivity index (χ1n) is 13.7. The summed E-state index contributed by atoms with van der Waals surface area (Å²) in [4.78, 5) is 0. The highest BCUT2D eigenvalue weighted by Crippen LogP contribution is 2.76. The van der Waals surface area contributed by atoms with Gasteiger partial charge in [-0.05, 0) is 114 Å². The Morgan fingerprint density at radius 2 is 1.52 bits per heavy atom. The van der Waals surface area contributed by atoms with Crippen LogP contribution in [0.3, 0.4) is 0 Å². The molecular weight excluding hydrogens is 376 g/mol. The number of aliphatic hydroxyl groups excluding tert-OH is 1. The third-order valence-electron chi connectivity index (χ3n) is 13.3. The minimum Gasteiger partial charge on any atom is -0.393 e. The molecule has 0 unspecified atom stereocenters. The lowest BCUT2D eigenvalue weighted by molar-refractivity contribution is -0.159. The van der Waals surface area contributed by atoms with E-state index in [2.05, 4.69) is 61.5 Å². The van der Waals surface area contributed by atoms with Gasteiger partial charge < -0.3 is 5.11 Å². The van der Waals surface area contributed by atoms with E-state index >= 15 is 0 Å². The highest BCUT2D eigenvalue weighted by molar-refractivity contribution is 5.33. The van der Waals surface area contributed by atoms with E-state index in [0.717, 1.165) is 30.1 Å². The Morgan fingerprint density at radius 1 is 0.806 bits per heavy atom. The van der Waals surface area contributed by atoms with Crippen molar-refractivity contribution in [1.82, 2.24) is 0 Å². The highest BCUT2D eigenvalue weighted by Gasteiger charge is 2.68. The van der Waals surface area contributed by atoms with Gasteiger partial charge in [0, 0.05) is 0 Å². The number of fused-ring (bicyclic) bond motifs is 7. The van der Waals surface area contributed by atoms with Crippen LogP contribution in [0, 0.1) is 56.7 Å². The van der Waals surface area contributed by atoms with E-state index in [1.54, 1.807) is 0 Å². The predicted octanol–water partition coefficient (Wildman–Crippen LogP) is 8.02. The number of rotatable bonds is 1. The quantitative estimate of drug-likeness (QED) is 0.421. The number of hydrogen-bond donors (Lipinski definition) is 1. The zero-order chi connectivity index (χ0) is 22.6. The van der Waals surface area contributed by atoms with Crippen LogP contribution in [-0.2, 0) is 0 Å². The normalized spacial score (nSPS) is 55.7. The van der Waals surface area contributed by atoms with E-state index in [9.17, 15) is 5.11 Å². The van der Waals surface area contributed by atoms with Gasteiger partial charge in [0.1, 0.15) is 0 Å². The molecule has 0 spiro atoms. The van der Waals surface area contributed by atoms with Crippen LogP contribution in [0.25, 0.3) is 0 Å². The van der Waals surface area contributed by atoms with Crippen LogP contribution >= 0.6 is 0 Å². The fraction of sp³-hybridized carbons (Fsp3) is 0.933. The second kappa shape index (κ2) is 6.64. The summed E-state index contributed by atoms with van der Waals surface area (Å²) >= 11 is 0. The topological polar surface area (TPSA) is 20.2 Å². The van der Waals surface area contributed by atoms with Gasteiger partial charge in [-0.15, -0.1) is 0 Å². The molecule has 1 N–H and O–H groups in total. The van der Waals surface area contributed by atoms with Crippen molar-refractivity contribution < 1.29 is 5.11 Å². The Kier molecular flexibility index (Phi) is 4.82. The highest BCUT2D eigenvalue weighted by atomic mass is 16.3. The van der Waals surface area contributed by atoms with E-state index in [1.807, 2.05) is 5.57 Å². The molecular formula is C30H50O. The standard InChI is InChI=1S/C30H50O/c1-19(2)20-9-12-24-28(20,6)17-18-29(7)22-10-11-23-26(3,4)25(31)14-15-27(23,5)21(22)13-16-30(24,29)8/h10,19-21,23-25,31H,9,11-18H2,1-8H3/t20-,21-,23-,24-,25-,27+,28-,29+,30+/m0/s1. The molecule has 4 saturated carbocycles. The lowest BCUT2D eigenvalue weighted by Crippen LogP contribution is -2.62. The minimum atomic E-state index is -0.133. The van der Waals surface area contributed by atoms with Crippen molar-refractivity contribution in [1.29, 1.82) is 0 Å². The van der Waals surface area contributed by atoms with Crippen LogP contribution in [-0.4, -0.2) is 11.2 Å². The molecule has 0 heterocycles. The van der Waals surface area contributed by atoms with E-state index < -0.39 is 0 Å². The van der Waals surface area contributed by atoms with E-state index in [0.29, 0.717) is 27.6 Å². The van der Waals surface area contributed by atoms with Gasteiger partial charge in [0.15, 0.2) is 0 Å². The molecule has 0 saturated heterocycles. The third kappa shape index (κ3) is 2.60. The molecule has 0 amide bonds. The SMILES string of the molecule is CC(C)[C@@H]1CC[C@H]2[C@@]1(C)CC[C@]1(C)C3=CC[C@H]4C(C)(C)[C@@H](O)CC[C@]4(C)[C@H]3CC[C@]21C. The molecule has 0 aromatic carbocycles. The summed E-state index contributed by atoms with van der Waals surface area (Å²) in [6.07, 6.45) is 14.5. The number of allylic oxidation sites excluding steroid dienone is 2. The van der Waals surface area contributed by atoms with Gasteiger partial charge >= 0.3 is 0 Å². The van der Waals surface area contributed by atoms with E-state index in [-0.39, 0.29) is 11.5 Å². The molecule has 0 radical (unpaired) electrons. The van der Waals surface area contributed by atoms with Crippen LogP contribution in [0.4, 0.5) is 0 Å². The maximum Gasteiger partial charge on any atom is 0.0594 e. The Morgan fingerprint density at radius 3 is 2.19 bits per heavy atom. The molecule has 9 atom stereocenters. The second-order valence-corrected chi connectivity index (χ2v) is 14.7. The zero-order valence-electron chi connectivity index (χ0n) is 21.9. The summed E-state index contributed by atoms with van der Waals surface area (Å²) in [5, 5.41) is 10.8. The van der Waals surface area contributed by atoms with Gasteiger partial charge in [0.25, 0.3) is 0 Å². The molecule has 1 nitrogen and oxygen atoms in total. The number of aliphatic hydroxyl groups is 1. The molecule has 5 rings (SSSR count). The molecule has 0 aromatic heterocycles. The molecule has 176 valence electrons. The van der Waals surface area contributed by atoms with Gasteiger partial charge in [-0.1, -0.05) is 67.0 Å². The maximum atomic E-state index is 10.8. The van der Waals surface area contributed by atoms with Crippen molar-refractivity contribution in [2.24, 2.45) is 56.7 Å². The largest absolute Gasteiger partial charge is 0.393 e. The molecule has 0 bridgehead atoms. The maximum absolute atomic E-state index is 10.8. The van der Waals surface area contributed by atoms with Crippen molar-refractivity contribution in [2.75, 3.05) is 0 Å².